The van der Waals surface area contributed by atoms with Gasteiger partial charge in [0.15, 0.2) is 0 Å². The molecule has 2 aromatic heterocycles. The molecular weight excluding hydrogens is 312 g/mol. The van der Waals surface area contributed by atoms with Gasteiger partial charge in [0.25, 0.3) is 5.56 Å². The molecule has 0 unspecified atom stereocenters. The van der Waals surface area contributed by atoms with E-state index in [1.165, 1.54) is 10.6 Å². The fourth-order valence-electron chi connectivity index (χ4n) is 1.72. The van der Waals surface area contributed by atoms with Gasteiger partial charge in [0.1, 0.15) is 5.69 Å². The molecule has 0 fully saturated rings. The molecule has 2 heterocycles. The molecule has 2 aromatic rings. The number of hydrogen-bond acceptors (Lipinski definition) is 3. The van der Waals surface area contributed by atoms with Gasteiger partial charge >= 0.3 is 5.97 Å². The molecule has 0 atom stereocenters. The number of carboxylic acids is 1. The molecule has 5 nitrogen and oxygen atoms in total. The number of carbonyl (C=O) groups is 1. The first-order chi connectivity index (χ1) is 8.97. The van der Waals surface area contributed by atoms with E-state index in [9.17, 15) is 9.59 Å². The Hall–Kier alpha value is -1.95. The van der Waals surface area contributed by atoms with Gasteiger partial charge in [-0.15, -0.1) is 0 Å². The second kappa shape index (κ2) is 5.36. The largest absolute Gasteiger partial charge is 0.477 e. The van der Waals surface area contributed by atoms with Crippen LogP contribution in [0.5, 0.6) is 0 Å². The van der Waals surface area contributed by atoms with Crippen molar-refractivity contribution in [2.75, 3.05) is 0 Å². The highest BCUT2D eigenvalue weighted by Crippen LogP contribution is 2.09. The number of aromatic carboxylic acids is 1. The molecule has 0 aromatic carbocycles. The van der Waals surface area contributed by atoms with Crippen LogP contribution in [-0.2, 0) is 6.54 Å². The molecule has 0 aliphatic carbocycles. The van der Waals surface area contributed by atoms with Crippen molar-refractivity contribution in [2.24, 2.45) is 0 Å². The van der Waals surface area contributed by atoms with Crippen LogP contribution in [0.4, 0.5) is 0 Å². The summed E-state index contributed by atoms with van der Waals surface area (Å²) in [6.07, 6.45) is 1.66. The molecule has 0 saturated heterocycles. The maximum absolute atomic E-state index is 11.9. The summed E-state index contributed by atoms with van der Waals surface area (Å²) in [4.78, 5) is 26.8. The number of aryl methyl sites for hydroxylation is 1. The average molecular weight is 323 g/mol. The molecule has 1 N–H and O–H groups in total. The quantitative estimate of drug-likeness (QED) is 0.938. The minimum absolute atomic E-state index is 0.0303. The predicted molar refractivity (Wildman–Crippen MR) is 73.4 cm³/mol. The van der Waals surface area contributed by atoms with Crippen LogP contribution in [-0.4, -0.2) is 20.6 Å². The summed E-state index contributed by atoms with van der Waals surface area (Å²) in [6, 6.07) is 6.46. The van der Waals surface area contributed by atoms with Gasteiger partial charge in [-0.1, -0.05) is 6.07 Å². The average Bonchev–Trinajstić information content (AvgIpc) is 2.35. The Kier molecular flexibility index (Phi) is 3.80. The van der Waals surface area contributed by atoms with Gasteiger partial charge in [0.05, 0.1) is 12.2 Å². The van der Waals surface area contributed by atoms with Gasteiger partial charge < -0.3 is 9.67 Å². The molecule has 0 aliphatic heterocycles. The Bertz CT molecular complexity index is 695. The molecule has 6 heteroatoms. The predicted octanol–water partition coefficient (Wildman–Crippen LogP) is 2.06. The monoisotopic (exact) mass is 322 g/mol. The molecule has 0 spiro atoms. The zero-order valence-electron chi connectivity index (χ0n) is 10.1. The summed E-state index contributed by atoms with van der Waals surface area (Å²) < 4.78 is 2.28. The van der Waals surface area contributed by atoms with E-state index in [0.29, 0.717) is 11.3 Å². The lowest BCUT2D eigenvalue weighted by Crippen LogP contribution is -2.22. The number of hydrogen-bond donors (Lipinski definition) is 1. The van der Waals surface area contributed by atoms with Crippen molar-refractivity contribution in [3.05, 3.63) is 62.2 Å². The summed E-state index contributed by atoms with van der Waals surface area (Å²) in [6.45, 7) is 1.96. The van der Waals surface area contributed by atoms with E-state index in [1.807, 2.05) is 0 Å². The maximum atomic E-state index is 11.9. The fourth-order valence-corrected chi connectivity index (χ4v) is 2.31. The van der Waals surface area contributed by atoms with Crippen molar-refractivity contribution in [1.82, 2.24) is 9.55 Å². The van der Waals surface area contributed by atoms with Gasteiger partial charge in [-0.3, -0.25) is 4.79 Å². The summed E-state index contributed by atoms with van der Waals surface area (Å²) in [5, 5.41) is 8.88. The van der Waals surface area contributed by atoms with Gasteiger partial charge in [-0.25, -0.2) is 9.78 Å². The van der Waals surface area contributed by atoms with E-state index in [4.69, 9.17) is 5.11 Å². The van der Waals surface area contributed by atoms with Gasteiger partial charge in [-0.2, -0.15) is 0 Å². The summed E-state index contributed by atoms with van der Waals surface area (Å²) >= 11 is 3.32. The number of aromatic nitrogens is 2. The Morgan fingerprint density at radius 2 is 2.21 bits per heavy atom. The molecule has 19 heavy (non-hydrogen) atoms. The molecule has 0 amide bonds. The van der Waals surface area contributed by atoms with Crippen LogP contribution < -0.4 is 5.56 Å². The lowest BCUT2D eigenvalue weighted by Gasteiger charge is -2.07. The standard InChI is InChI=1S/C13H11BrN2O3/c1-8-5-9(14)6-16(12(8)17)7-10-3-2-4-11(15-10)13(18)19/h2-6H,7H2,1H3,(H,18,19). The van der Waals surface area contributed by atoms with Crippen LogP contribution in [0.1, 0.15) is 21.7 Å². The lowest BCUT2D eigenvalue weighted by atomic mass is 10.2. The van der Waals surface area contributed by atoms with Crippen LogP contribution in [0.15, 0.2) is 39.7 Å². The van der Waals surface area contributed by atoms with Crippen LogP contribution in [0.2, 0.25) is 0 Å². The lowest BCUT2D eigenvalue weighted by molar-refractivity contribution is 0.0690. The number of rotatable bonds is 3. The van der Waals surface area contributed by atoms with Crippen LogP contribution in [0.25, 0.3) is 0 Å². The summed E-state index contributed by atoms with van der Waals surface area (Å²) in [5.74, 6) is -1.08. The normalized spacial score (nSPS) is 10.4. The van der Waals surface area contributed by atoms with Crippen LogP contribution >= 0.6 is 15.9 Å². The van der Waals surface area contributed by atoms with Gasteiger partial charge in [-0.05, 0) is 41.1 Å². The maximum Gasteiger partial charge on any atom is 0.354 e. The summed E-state index contributed by atoms with van der Waals surface area (Å²) in [5.41, 5.74) is 0.992. The van der Waals surface area contributed by atoms with Crippen molar-refractivity contribution in [2.45, 2.75) is 13.5 Å². The van der Waals surface area contributed by atoms with Crippen molar-refractivity contribution in [3.63, 3.8) is 0 Å². The van der Waals surface area contributed by atoms with Gasteiger partial charge in [0.2, 0.25) is 0 Å². The molecule has 98 valence electrons. The first kappa shape index (κ1) is 13.5. The smallest absolute Gasteiger partial charge is 0.354 e. The van der Waals surface area contributed by atoms with Crippen LogP contribution in [0, 0.1) is 6.92 Å². The van der Waals surface area contributed by atoms with E-state index >= 15 is 0 Å². The van der Waals surface area contributed by atoms with Crippen molar-refractivity contribution >= 4 is 21.9 Å². The summed E-state index contributed by atoms with van der Waals surface area (Å²) in [7, 11) is 0. The van der Waals surface area contributed by atoms with Crippen molar-refractivity contribution in [3.8, 4) is 0 Å². The minimum Gasteiger partial charge on any atom is -0.477 e. The highest BCUT2D eigenvalue weighted by atomic mass is 79.9. The fraction of sp³-hybridized carbons (Fsp3) is 0.154. The molecule has 0 radical (unpaired) electrons. The SMILES string of the molecule is Cc1cc(Br)cn(Cc2cccc(C(=O)O)n2)c1=O. The Labute approximate surface area is 117 Å². The third-order valence-corrected chi connectivity index (χ3v) is 3.02. The zero-order chi connectivity index (χ0) is 14.0. The molecule has 0 aliphatic rings. The van der Waals surface area contributed by atoms with Crippen LogP contribution in [0.3, 0.4) is 0 Å². The molecular formula is C13H11BrN2O3. The first-order valence-corrected chi connectivity index (χ1v) is 6.32. The first-order valence-electron chi connectivity index (χ1n) is 5.53. The zero-order valence-corrected chi connectivity index (χ0v) is 11.7. The number of halogens is 1. The second-order valence-electron chi connectivity index (χ2n) is 4.09. The number of pyridine rings is 2. The van der Waals surface area contributed by atoms with E-state index in [1.54, 1.807) is 31.3 Å². The molecule has 0 saturated carbocycles. The number of nitrogens with zero attached hydrogens (tertiary/aromatic N) is 2. The second-order valence-corrected chi connectivity index (χ2v) is 5.01. The Morgan fingerprint density at radius 3 is 2.89 bits per heavy atom. The van der Waals surface area contributed by atoms with E-state index in [-0.39, 0.29) is 17.8 Å². The van der Waals surface area contributed by atoms with Gasteiger partial charge in [0, 0.05) is 16.2 Å². The van der Waals surface area contributed by atoms with E-state index in [2.05, 4.69) is 20.9 Å². The molecule has 2 rings (SSSR count). The minimum atomic E-state index is -1.08. The highest BCUT2D eigenvalue weighted by molar-refractivity contribution is 9.10. The highest BCUT2D eigenvalue weighted by Gasteiger charge is 2.07. The van der Waals surface area contributed by atoms with E-state index in [0.717, 1.165) is 4.47 Å². The van der Waals surface area contributed by atoms with Crippen molar-refractivity contribution < 1.29 is 9.90 Å². The van der Waals surface area contributed by atoms with E-state index < -0.39 is 5.97 Å². The van der Waals surface area contributed by atoms with Crippen molar-refractivity contribution in [1.29, 1.82) is 0 Å². The molecule has 0 bridgehead atoms. The third-order valence-electron chi connectivity index (χ3n) is 2.59. The Balaban J connectivity index is 2.39. The topological polar surface area (TPSA) is 72.2 Å². The third kappa shape index (κ3) is 3.08. The number of carboxylic acid groups (broad SMARTS) is 1. The Morgan fingerprint density at radius 1 is 1.47 bits per heavy atom.